The van der Waals surface area contributed by atoms with Gasteiger partial charge in [0.15, 0.2) is 0 Å². The Morgan fingerprint density at radius 2 is 2.06 bits per heavy atom. The van der Waals surface area contributed by atoms with E-state index in [0.717, 1.165) is 22.3 Å². The Bertz CT molecular complexity index is 628. The van der Waals surface area contributed by atoms with Gasteiger partial charge < -0.3 is 4.57 Å². The lowest BCUT2D eigenvalue weighted by Gasteiger charge is -1.95. The number of rotatable bonds is 1. The van der Waals surface area contributed by atoms with Crippen molar-refractivity contribution in [2.24, 2.45) is 7.05 Å². The average molecular weight is 210 g/mol. The summed E-state index contributed by atoms with van der Waals surface area (Å²) < 4.78 is 2.06. The lowest BCUT2D eigenvalue weighted by Crippen LogP contribution is -1.83. The van der Waals surface area contributed by atoms with Gasteiger partial charge in [0.05, 0.1) is 16.7 Å². The van der Waals surface area contributed by atoms with E-state index in [-0.39, 0.29) is 0 Å². The van der Waals surface area contributed by atoms with Crippen molar-refractivity contribution >= 4 is 11.0 Å². The minimum Gasteiger partial charge on any atom is -0.349 e. The summed E-state index contributed by atoms with van der Waals surface area (Å²) in [5, 5.41) is 0. The molecule has 0 fully saturated rings. The number of aryl methyl sites for hydroxylation is 1. The highest BCUT2D eigenvalue weighted by molar-refractivity contribution is 5.91. The number of aromatic nitrogens is 4. The molecule has 0 aromatic carbocycles. The first-order valence-electron chi connectivity index (χ1n) is 5.03. The molecule has 3 aromatic rings. The van der Waals surface area contributed by atoms with Gasteiger partial charge in [0.1, 0.15) is 6.33 Å². The Morgan fingerprint density at radius 3 is 2.88 bits per heavy atom. The Kier molecular flexibility index (Phi) is 1.93. The molecule has 78 valence electrons. The summed E-state index contributed by atoms with van der Waals surface area (Å²) in [6, 6.07) is 5.88. The van der Waals surface area contributed by atoms with Gasteiger partial charge in [-0.2, -0.15) is 0 Å². The second kappa shape index (κ2) is 3.41. The highest BCUT2D eigenvalue weighted by atomic mass is 14.9. The van der Waals surface area contributed by atoms with Crippen molar-refractivity contribution in [3.63, 3.8) is 0 Å². The molecule has 0 spiro atoms. The van der Waals surface area contributed by atoms with Gasteiger partial charge in [-0.3, -0.25) is 4.98 Å². The van der Waals surface area contributed by atoms with Crippen molar-refractivity contribution in [1.82, 2.24) is 19.5 Å². The molecule has 0 atom stereocenters. The van der Waals surface area contributed by atoms with Crippen LogP contribution in [0, 0.1) is 0 Å². The minimum absolute atomic E-state index is 0.902. The largest absolute Gasteiger partial charge is 0.349 e. The van der Waals surface area contributed by atoms with Crippen LogP contribution < -0.4 is 0 Å². The van der Waals surface area contributed by atoms with E-state index < -0.39 is 0 Å². The van der Waals surface area contributed by atoms with Gasteiger partial charge in [0, 0.05) is 31.2 Å². The van der Waals surface area contributed by atoms with Crippen molar-refractivity contribution < 1.29 is 0 Å². The monoisotopic (exact) mass is 210 g/mol. The molecule has 0 radical (unpaired) electrons. The first kappa shape index (κ1) is 9.03. The number of hydrogen-bond acceptors (Lipinski definition) is 3. The number of pyridine rings is 1. The summed E-state index contributed by atoms with van der Waals surface area (Å²) in [6.45, 7) is 0. The molecule has 0 unspecified atom stereocenters. The van der Waals surface area contributed by atoms with E-state index in [2.05, 4.69) is 19.5 Å². The summed E-state index contributed by atoms with van der Waals surface area (Å²) >= 11 is 0. The maximum atomic E-state index is 4.40. The zero-order valence-corrected chi connectivity index (χ0v) is 8.83. The molecule has 4 nitrogen and oxygen atoms in total. The Hall–Kier alpha value is -2.23. The van der Waals surface area contributed by atoms with Crippen LogP contribution in [0.5, 0.6) is 0 Å². The van der Waals surface area contributed by atoms with Gasteiger partial charge in [0.2, 0.25) is 0 Å². The molecule has 0 N–H and O–H groups in total. The van der Waals surface area contributed by atoms with Crippen molar-refractivity contribution in [3.05, 3.63) is 43.1 Å². The van der Waals surface area contributed by atoms with Crippen LogP contribution in [0.2, 0.25) is 0 Å². The fourth-order valence-electron chi connectivity index (χ4n) is 1.85. The van der Waals surface area contributed by atoms with Crippen LogP contribution in [0.3, 0.4) is 0 Å². The highest BCUT2D eigenvalue weighted by Gasteiger charge is 2.09. The zero-order valence-electron chi connectivity index (χ0n) is 8.83. The molecule has 0 aliphatic rings. The quantitative estimate of drug-likeness (QED) is 0.617. The maximum absolute atomic E-state index is 4.40. The highest BCUT2D eigenvalue weighted by Crippen LogP contribution is 2.26. The van der Waals surface area contributed by atoms with Gasteiger partial charge in [-0.05, 0) is 18.2 Å². The van der Waals surface area contributed by atoms with Crippen molar-refractivity contribution in [1.29, 1.82) is 0 Å². The van der Waals surface area contributed by atoms with E-state index in [1.54, 1.807) is 18.7 Å². The third kappa shape index (κ3) is 1.27. The van der Waals surface area contributed by atoms with Crippen molar-refractivity contribution in [2.45, 2.75) is 0 Å². The SMILES string of the molecule is Cn1cc(-c2ccncn2)c2ncccc21. The molecule has 3 heterocycles. The van der Waals surface area contributed by atoms with Crippen molar-refractivity contribution in [2.75, 3.05) is 0 Å². The molecular weight excluding hydrogens is 200 g/mol. The summed E-state index contributed by atoms with van der Waals surface area (Å²) in [6.07, 6.45) is 7.13. The molecule has 16 heavy (non-hydrogen) atoms. The van der Waals surface area contributed by atoms with Crippen LogP contribution >= 0.6 is 0 Å². The van der Waals surface area contributed by atoms with Crippen LogP contribution in [-0.4, -0.2) is 19.5 Å². The van der Waals surface area contributed by atoms with Gasteiger partial charge in [-0.25, -0.2) is 9.97 Å². The van der Waals surface area contributed by atoms with Gasteiger partial charge in [-0.1, -0.05) is 0 Å². The van der Waals surface area contributed by atoms with Crippen LogP contribution in [0.15, 0.2) is 43.1 Å². The molecule has 0 bridgehead atoms. The summed E-state index contributed by atoms with van der Waals surface area (Å²) in [5.41, 5.74) is 4.03. The van der Waals surface area contributed by atoms with Crippen LogP contribution in [0.1, 0.15) is 0 Å². The topological polar surface area (TPSA) is 43.6 Å². The van der Waals surface area contributed by atoms with E-state index in [4.69, 9.17) is 0 Å². The molecule has 0 aliphatic heterocycles. The minimum atomic E-state index is 0.902. The normalized spacial score (nSPS) is 10.8. The van der Waals surface area contributed by atoms with Crippen LogP contribution in [0.25, 0.3) is 22.3 Å². The molecule has 0 saturated carbocycles. The van der Waals surface area contributed by atoms with E-state index in [0.29, 0.717) is 0 Å². The van der Waals surface area contributed by atoms with Gasteiger partial charge >= 0.3 is 0 Å². The summed E-state index contributed by atoms with van der Waals surface area (Å²) in [5.74, 6) is 0. The van der Waals surface area contributed by atoms with E-state index in [1.165, 1.54) is 0 Å². The molecule has 0 saturated heterocycles. The standard InChI is InChI=1S/C12H10N4/c1-16-7-9(10-4-6-13-8-15-10)12-11(16)3-2-5-14-12/h2-8H,1H3. The molecule has 4 heteroatoms. The van der Waals surface area contributed by atoms with E-state index in [9.17, 15) is 0 Å². The maximum Gasteiger partial charge on any atom is 0.116 e. The number of hydrogen-bond donors (Lipinski definition) is 0. The first-order chi connectivity index (χ1) is 7.86. The third-order valence-electron chi connectivity index (χ3n) is 2.60. The molecule has 3 aromatic heterocycles. The lowest BCUT2D eigenvalue weighted by atomic mass is 10.2. The molecule has 3 rings (SSSR count). The Morgan fingerprint density at radius 1 is 1.12 bits per heavy atom. The van der Waals surface area contributed by atoms with Crippen LogP contribution in [0.4, 0.5) is 0 Å². The summed E-state index contributed by atoms with van der Waals surface area (Å²) in [7, 11) is 2.01. The Balaban J connectivity index is 2.33. The van der Waals surface area contributed by atoms with Gasteiger partial charge in [0.25, 0.3) is 0 Å². The first-order valence-corrected chi connectivity index (χ1v) is 5.03. The summed E-state index contributed by atoms with van der Waals surface area (Å²) in [4.78, 5) is 12.6. The van der Waals surface area contributed by atoms with Crippen LogP contribution in [-0.2, 0) is 7.05 Å². The fourth-order valence-corrected chi connectivity index (χ4v) is 1.85. The predicted molar refractivity (Wildman–Crippen MR) is 61.7 cm³/mol. The lowest BCUT2D eigenvalue weighted by molar-refractivity contribution is 0.968. The smallest absolute Gasteiger partial charge is 0.116 e. The Labute approximate surface area is 92.6 Å². The second-order valence-electron chi connectivity index (χ2n) is 3.62. The number of fused-ring (bicyclic) bond motifs is 1. The number of nitrogens with zero attached hydrogens (tertiary/aromatic N) is 4. The third-order valence-corrected chi connectivity index (χ3v) is 2.60. The molecule has 0 amide bonds. The van der Waals surface area contributed by atoms with E-state index >= 15 is 0 Å². The van der Waals surface area contributed by atoms with E-state index in [1.807, 2.05) is 31.4 Å². The fraction of sp³-hybridized carbons (Fsp3) is 0.0833. The average Bonchev–Trinajstić information content (AvgIpc) is 2.69. The van der Waals surface area contributed by atoms with Gasteiger partial charge in [-0.15, -0.1) is 0 Å². The molecule has 0 aliphatic carbocycles. The molecular formula is C12H10N4. The predicted octanol–water partition coefficient (Wildman–Crippen LogP) is 2.03. The zero-order chi connectivity index (χ0) is 11.0. The second-order valence-corrected chi connectivity index (χ2v) is 3.62. The van der Waals surface area contributed by atoms with Crippen molar-refractivity contribution in [3.8, 4) is 11.3 Å².